The summed E-state index contributed by atoms with van der Waals surface area (Å²) in [5, 5.41) is 0. The minimum Gasteiger partial charge on any atom is -0.336 e. The van der Waals surface area contributed by atoms with Gasteiger partial charge in [0.1, 0.15) is 5.78 Å². The molecule has 0 saturated carbocycles. The Morgan fingerprint density at radius 3 is 2.39 bits per heavy atom. The van der Waals surface area contributed by atoms with Crippen LogP contribution in [0.5, 0.6) is 0 Å². The quantitative estimate of drug-likeness (QED) is 0.706. The van der Waals surface area contributed by atoms with Crippen LogP contribution in [0.4, 0.5) is 0 Å². The molecule has 4 heteroatoms. The molecule has 0 aromatic carbocycles. The van der Waals surface area contributed by atoms with Gasteiger partial charge in [0.25, 0.3) is 0 Å². The van der Waals surface area contributed by atoms with Gasteiger partial charge in [0.2, 0.25) is 5.91 Å². The number of amides is 1. The lowest BCUT2D eigenvalue weighted by molar-refractivity contribution is -0.147. The number of hydrogen-bond donors (Lipinski definition) is 0. The number of rotatable bonds is 1. The van der Waals surface area contributed by atoms with E-state index in [1.54, 1.807) is 0 Å². The molecule has 0 radical (unpaired) electrons. The summed E-state index contributed by atoms with van der Waals surface area (Å²) in [4.78, 5) is 28.3. The average Bonchev–Trinajstić information content (AvgIpc) is 2.28. The van der Waals surface area contributed by atoms with E-state index in [-0.39, 0.29) is 23.1 Å². The SMILES string of the molecule is CN1CCC(C(=O)N2CCC(=O)CC2(C)C)CC1. The monoisotopic (exact) mass is 252 g/mol. The molecule has 0 aromatic rings. The van der Waals surface area contributed by atoms with Gasteiger partial charge in [-0.2, -0.15) is 0 Å². The van der Waals surface area contributed by atoms with Crippen molar-refractivity contribution in [1.82, 2.24) is 9.80 Å². The molecule has 1 amide bonds. The smallest absolute Gasteiger partial charge is 0.226 e. The summed E-state index contributed by atoms with van der Waals surface area (Å²) in [6.07, 6.45) is 2.94. The van der Waals surface area contributed by atoms with Gasteiger partial charge in [0, 0.05) is 30.8 Å². The molecule has 0 bridgehead atoms. The van der Waals surface area contributed by atoms with E-state index in [0.717, 1.165) is 25.9 Å². The van der Waals surface area contributed by atoms with E-state index in [4.69, 9.17) is 0 Å². The predicted octanol–water partition coefficient (Wildman–Crippen LogP) is 1.30. The number of piperidine rings is 2. The topological polar surface area (TPSA) is 40.6 Å². The van der Waals surface area contributed by atoms with Gasteiger partial charge in [-0.05, 0) is 46.8 Å². The van der Waals surface area contributed by atoms with E-state index in [9.17, 15) is 9.59 Å². The molecule has 2 saturated heterocycles. The maximum Gasteiger partial charge on any atom is 0.226 e. The summed E-state index contributed by atoms with van der Waals surface area (Å²) in [5.74, 6) is 0.710. The van der Waals surface area contributed by atoms with Crippen molar-refractivity contribution < 1.29 is 9.59 Å². The van der Waals surface area contributed by atoms with Crippen molar-refractivity contribution in [3.8, 4) is 0 Å². The van der Waals surface area contributed by atoms with Gasteiger partial charge in [-0.1, -0.05) is 0 Å². The molecular weight excluding hydrogens is 228 g/mol. The van der Waals surface area contributed by atoms with Crippen LogP contribution < -0.4 is 0 Å². The zero-order valence-corrected chi connectivity index (χ0v) is 11.7. The summed E-state index contributed by atoms with van der Waals surface area (Å²) < 4.78 is 0. The summed E-state index contributed by atoms with van der Waals surface area (Å²) in [5.41, 5.74) is -0.296. The minimum absolute atomic E-state index is 0.161. The summed E-state index contributed by atoms with van der Waals surface area (Å²) >= 11 is 0. The van der Waals surface area contributed by atoms with Crippen molar-refractivity contribution in [2.75, 3.05) is 26.7 Å². The van der Waals surface area contributed by atoms with E-state index < -0.39 is 0 Å². The molecule has 0 spiro atoms. The third-order valence-electron chi connectivity index (χ3n) is 4.31. The molecule has 2 heterocycles. The molecule has 4 nitrogen and oxygen atoms in total. The second-order valence-electron chi connectivity index (χ2n) is 6.35. The third-order valence-corrected chi connectivity index (χ3v) is 4.31. The van der Waals surface area contributed by atoms with Crippen molar-refractivity contribution in [2.24, 2.45) is 5.92 Å². The van der Waals surface area contributed by atoms with Gasteiger partial charge >= 0.3 is 0 Å². The maximum absolute atomic E-state index is 12.6. The van der Waals surface area contributed by atoms with Gasteiger partial charge in [0.15, 0.2) is 0 Å². The molecule has 0 N–H and O–H groups in total. The Morgan fingerprint density at radius 1 is 1.22 bits per heavy atom. The van der Waals surface area contributed by atoms with E-state index in [0.29, 0.717) is 19.4 Å². The van der Waals surface area contributed by atoms with Crippen LogP contribution >= 0.6 is 0 Å². The van der Waals surface area contributed by atoms with Crippen molar-refractivity contribution >= 4 is 11.7 Å². The van der Waals surface area contributed by atoms with Crippen molar-refractivity contribution in [2.45, 2.75) is 45.1 Å². The largest absolute Gasteiger partial charge is 0.336 e. The Labute approximate surface area is 109 Å². The molecule has 2 aliphatic heterocycles. The molecule has 102 valence electrons. The highest BCUT2D eigenvalue weighted by Gasteiger charge is 2.39. The van der Waals surface area contributed by atoms with Gasteiger partial charge in [0.05, 0.1) is 0 Å². The number of hydrogen-bond acceptors (Lipinski definition) is 3. The normalized spacial score (nSPS) is 26.4. The fourth-order valence-electron chi connectivity index (χ4n) is 3.09. The van der Waals surface area contributed by atoms with Crippen molar-refractivity contribution in [1.29, 1.82) is 0 Å². The van der Waals surface area contributed by atoms with Crippen LogP contribution in [-0.4, -0.2) is 53.7 Å². The van der Waals surface area contributed by atoms with Crippen LogP contribution in [0, 0.1) is 5.92 Å². The first kappa shape index (κ1) is 13.5. The fourth-order valence-corrected chi connectivity index (χ4v) is 3.09. The van der Waals surface area contributed by atoms with E-state index in [2.05, 4.69) is 11.9 Å². The van der Waals surface area contributed by atoms with Crippen molar-refractivity contribution in [3.05, 3.63) is 0 Å². The predicted molar refractivity (Wildman–Crippen MR) is 70.3 cm³/mol. The second kappa shape index (κ2) is 5.00. The number of carbonyl (C=O) groups excluding carboxylic acids is 2. The zero-order valence-electron chi connectivity index (χ0n) is 11.7. The van der Waals surface area contributed by atoms with Gasteiger partial charge < -0.3 is 9.80 Å². The molecular formula is C14H24N2O2. The van der Waals surface area contributed by atoms with Crippen LogP contribution in [0.2, 0.25) is 0 Å². The van der Waals surface area contributed by atoms with E-state index in [1.165, 1.54) is 0 Å². The minimum atomic E-state index is -0.296. The summed E-state index contributed by atoms with van der Waals surface area (Å²) in [6.45, 7) is 6.64. The maximum atomic E-state index is 12.6. The molecule has 0 atom stereocenters. The van der Waals surface area contributed by atoms with Crippen LogP contribution in [0.15, 0.2) is 0 Å². The van der Waals surface area contributed by atoms with Crippen LogP contribution in [0.1, 0.15) is 39.5 Å². The number of ketones is 1. The summed E-state index contributed by atoms with van der Waals surface area (Å²) in [6, 6.07) is 0. The molecule has 0 aromatic heterocycles. The lowest BCUT2D eigenvalue weighted by Gasteiger charge is -2.44. The Kier molecular flexibility index (Phi) is 3.76. The Balaban J connectivity index is 2.02. The van der Waals surface area contributed by atoms with Crippen LogP contribution in [-0.2, 0) is 9.59 Å². The van der Waals surface area contributed by atoms with Gasteiger partial charge in [-0.25, -0.2) is 0 Å². The first-order chi connectivity index (χ1) is 8.40. The highest BCUT2D eigenvalue weighted by molar-refractivity contribution is 5.86. The number of likely N-dealkylation sites (tertiary alicyclic amines) is 2. The molecule has 2 rings (SSSR count). The third kappa shape index (κ3) is 2.74. The van der Waals surface area contributed by atoms with Gasteiger partial charge in [-0.15, -0.1) is 0 Å². The van der Waals surface area contributed by atoms with Crippen molar-refractivity contribution in [3.63, 3.8) is 0 Å². The Morgan fingerprint density at radius 2 is 1.83 bits per heavy atom. The van der Waals surface area contributed by atoms with Gasteiger partial charge in [-0.3, -0.25) is 9.59 Å². The molecule has 18 heavy (non-hydrogen) atoms. The first-order valence-corrected chi connectivity index (χ1v) is 6.92. The summed E-state index contributed by atoms with van der Waals surface area (Å²) in [7, 11) is 2.10. The lowest BCUT2D eigenvalue weighted by Crippen LogP contribution is -2.55. The molecule has 2 fully saturated rings. The first-order valence-electron chi connectivity index (χ1n) is 6.92. The Bertz CT molecular complexity index is 344. The standard InChI is InChI=1S/C14H24N2O2/c1-14(2)10-12(17)6-9-16(14)13(18)11-4-7-15(3)8-5-11/h11H,4-10H2,1-3H3. The Hall–Kier alpha value is -0.900. The highest BCUT2D eigenvalue weighted by atomic mass is 16.2. The van der Waals surface area contributed by atoms with Crippen LogP contribution in [0.3, 0.4) is 0 Å². The fraction of sp³-hybridized carbons (Fsp3) is 0.857. The zero-order chi connectivity index (χ0) is 13.3. The highest BCUT2D eigenvalue weighted by Crippen LogP contribution is 2.29. The average molecular weight is 252 g/mol. The molecule has 2 aliphatic rings. The van der Waals surface area contributed by atoms with E-state index >= 15 is 0 Å². The molecule has 0 aliphatic carbocycles. The number of carbonyl (C=O) groups is 2. The second-order valence-corrected chi connectivity index (χ2v) is 6.35. The lowest BCUT2D eigenvalue weighted by atomic mass is 9.86. The molecule has 0 unspecified atom stereocenters. The number of nitrogens with zero attached hydrogens (tertiary/aromatic N) is 2. The van der Waals surface area contributed by atoms with E-state index in [1.807, 2.05) is 18.7 Å². The number of Topliss-reactive ketones (excluding diaryl/α,β-unsaturated/α-hetero) is 1. The van der Waals surface area contributed by atoms with Crippen LogP contribution in [0.25, 0.3) is 0 Å².